The Kier molecular flexibility index (Phi) is 5.24. The lowest BCUT2D eigenvalue weighted by molar-refractivity contribution is 0.314. The molecule has 19 heavy (non-hydrogen) atoms. The molecule has 1 aromatic heterocycles. The van der Waals surface area contributed by atoms with Gasteiger partial charge in [0.15, 0.2) is 0 Å². The first-order valence-corrected chi connectivity index (χ1v) is 7.72. The second-order valence-electron chi connectivity index (χ2n) is 4.62. The fourth-order valence-electron chi connectivity index (χ4n) is 2.10. The normalized spacial score (nSPS) is 16.4. The van der Waals surface area contributed by atoms with E-state index in [4.69, 9.17) is 5.84 Å². The number of nitrogens with zero attached hydrogens (tertiary/aromatic N) is 3. The lowest BCUT2D eigenvalue weighted by atomic mass is 10.3. The molecule has 6 nitrogen and oxygen atoms in total. The molecule has 0 unspecified atom stereocenters. The van der Waals surface area contributed by atoms with Crippen molar-refractivity contribution in [3.63, 3.8) is 0 Å². The topological polar surface area (TPSA) is 79.1 Å². The SMILES string of the molecule is Cc1nc(NN)c(C)c(NCCN2CCSCC2)n1. The molecule has 1 fully saturated rings. The minimum absolute atomic E-state index is 0.685. The minimum Gasteiger partial charge on any atom is -0.368 e. The standard InChI is InChI=1S/C12H22N6S/c1-9-11(15-10(2)16-12(9)17-13)14-3-4-18-5-7-19-8-6-18/h3-8,13H2,1-2H3,(H2,14,15,16,17). The molecule has 106 valence electrons. The van der Waals surface area contributed by atoms with Crippen LogP contribution in [0.4, 0.5) is 11.6 Å². The van der Waals surface area contributed by atoms with Crippen LogP contribution in [-0.2, 0) is 0 Å². The first-order valence-electron chi connectivity index (χ1n) is 6.56. The number of anilines is 2. The van der Waals surface area contributed by atoms with E-state index in [9.17, 15) is 0 Å². The van der Waals surface area contributed by atoms with Crippen LogP contribution in [0.1, 0.15) is 11.4 Å². The lowest BCUT2D eigenvalue weighted by Gasteiger charge is -2.26. The molecule has 1 aliphatic heterocycles. The second-order valence-corrected chi connectivity index (χ2v) is 5.84. The zero-order valence-corrected chi connectivity index (χ0v) is 12.4. The molecule has 2 rings (SSSR count). The van der Waals surface area contributed by atoms with Crippen molar-refractivity contribution in [3.05, 3.63) is 11.4 Å². The summed E-state index contributed by atoms with van der Waals surface area (Å²) in [4.78, 5) is 11.2. The third kappa shape index (κ3) is 3.95. The van der Waals surface area contributed by atoms with Crippen LogP contribution in [0, 0.1) is 13.8 Å². The highest BCUT2D eigenvalue weighted by atomic mass is 32.2. The van der Waals surface area contributed by atoms with Crippen LogP contribution in [-0.4, -0.2) is 52.6 Å². The molecule has 0 aliphatic carbocycles. The summed E-state index contributed by atoms with van der Waals surface area (Å²) in [5.74, 6) is 10.2. The second kappa shape index (κ2) is 6.93. The highest BCUT2D eigenvalue weighted by Crippen LogP contribution is 2.18. The van der Waals surface area contributed by atoms with Crippen LogP contribution in [0.25, 0.3) is 0 Å². The zero-order chi connectivity index (χ0) is 13.7. The van der Waals surface area contributed by atoms with Gasteiger partial charge in [0.25, 0.3) is 0 Å². The molecular weight excluding hydrogens is 260 g/mol. The minimum atomic E-state index is 0.685. The van der Waals surface area contributed by atoms with E-state index in [1.54, 1.807) is 0 Å². The fourth-order valence-corrected chi connectivity index (χ4v) is 3.08. The van der Waals surface area contributed by atoms with Crippen LogP contribution in [0.2, 0.25) is 0 Å². The molecule has 0 radical (unpaired) electrons. The Labute approximate surface area is 118 Å². The van der Waals surface area contributed by atoms with Crippen molar-refractivity contribution < 1.29 is 0 Å². The van der Waals surface area contributed by atoms with Gasteiger partial charge in [0, 0.05) is 43.2 Å². The van der Waals surface area contributed by atoms with E-state index < -0.39 is 0 Å². The Morgan fingerprint density at radius 2 is 1.89 bits per heavy atom. The van der Waals surface area contributed by atoms with E-state index in [0.29, 0.717) is 5.82 Å². The van der Waals surface area contributed by atoms with E-state index in [0.717, 1.165) is 30.3 Å². The molecular formula is C12H22N6S. The van der Waals surface area contributed by atoms with Crippen LogP contribution < -0.4 is 16.6 Å². The number of rotatable bonds is 5. The van der Waals surface area contributed by atoms with Crippen LogP contribution in [0.3, 0.4) is 0 Å². The molecule has 1 aliphatic rings. The number of nitrogen functional groups attached to an aromatic ring is 1. The van der Waals surface area contributed by atoms with Crippen molar-refractivity contribution in [3.8, 4) is 0 Å². The highest BCUT2D eigenvalue weighted by molar-refractivity contribution is 7.99. The molecule has 4 N–H and O–H groups in total. The fraction of sp³-hybridized carbons (Fsp3) is 0.667. The number of aromatic nitrogens is 2. The summed E-state index contributed by atoms with van der Waals surface area (Å²) >= 11 is 2.03. The summed E-state index contributed by atoms with van der Waals surface area (Å²) in [5.41, 5.74) is 3.57. The third-order valence-corrected chi connectivity index (χ3v) is 4.16. The number of hydrogen-bond acceptors (Lipinski definition) is 7. The highest BCUT2D eigenvalue weighted by Gasteiger charge is 2.11. The summed E-state index contributed by atoms with van der Waals surface area (Å²) in [7, 11) is 0. The van der Waals surface area contributed by atoms with E-state index >= 15 is 0 Å². The van der Waals surface area contributed by atoms with Gasteiger partial charge in [0.2, 0.25) is 0 Å². The molecule has 7 heteroatoms. The maximum absolute atomic E-state index is 5.46. The molecule has 2 heterocycles. The van der Waals surface area contributed by atoms with Gasteiger partial charge in [0.05, 0.1) is 0 Å². The van der Waals surface area contributed by atoms with Gasteiger partial charge >= 0.3 is 0 Å². The summed E-state index contributed by atoms with van der Waals surface area (Å²) in [6.45, 7) is 8.15. The maximum Gasteiger partial charge on any atom is 0.148 e. The van der Waals surface area contributed by atoms with Crippen molar-refractivity contribution in [2.24, 2.45) is 5.84 Å². The number of hydrazine groups is 1. The predicted molar refractivity (Wildman–Crippen MR) is 81.6 cm³/mol. The average molecular weight is 282 g/mol. The van der Waals surface area contributed by atoms with Crippen molar-refractivity contribution in [1.29, 1.82) is 0 Å². The van der Waals surface area contributed by atoms with E-state index in [1.165, 1.54) is 24.6 Å². The maximum atomic E-state index is 5.46. The molecule has 0 amide bonds. The van der Waals surface area contributed by atoms with Gasteiger partial charge in [-0.1, -0.05) is 0 Å². The van der Waals surface area contributed by atoms with Crippen LogP contribution in [0.15, 0.2) is 0 Å². The first-order chi connectivity index (χ1) is 9.20. The molecule has 1 saturated heterocycles. The van der Waals surface area contributed by atoms with Gasteiger partial charge in [-0.15, -0.1) is 0 Å². The average Bonchev–Trinajstić information content (AvgIpc) is 2.43. The lowest BCUT2D eigenvalue weighted by Crippen LogP contribution is -2.36. The summed E-state index contributed by atoms with van der Waals surface area (Å²) in [5, 5.41) is 3.38. The van der Waals surface area contributed by atoms with Gasteiger partial charge in [-0.25, -0.2) is 15.8 Å². The predicted octanol–water partition coefficient (Wildman–Crippen LogP) is 0.840. The van der Waals surface area contributed by atoms with Crippen LogP contribution >= 0.6 is 11.8 Å². The van der Waals surface area contributed by atoms with Crippen molar-refractivity contribution in [2.45, 2.75) is 13.8 Å². The molecule has 1 aromatic rings. The Morgan fingerprint density at radius 3 is 2.58 bits per heavy atom. The summed E-state index contributed by atoms with van der Waals surface area (Å²) in [6, 6.07) is 0. The number of nitrogens with two attached hydrogens (primary N) is 1. The molecule has 0 saturated carbocycles. The van der Waals surface area contributed by atoms with E-state index in [-0.39, 0.29) is 0 Å². The van der Waals surface area contributed by atoms with Crippen molar-refractivity contribution in [2.75, 3.05) is 48.4 Å². The number of thioether (sulfide) groups is 1. The van der Waals surface area contributed by atoms with Crippen molar-refractivity contribution in [1.82, 2.24) is 14.9 Å². The monoisotopic (exact) mass is 282 g/mol. The third-order valence-electron chi connectivity index (χ3n) is 3.22. The summed E-state index contributed by atoms with van der Waals surface area (Å²) < 4.78 is 0. The Balaban J connectivity index is 1.89. The Bertz CT molecular complexity index is 419. The van der Waals surface area contributed by atoms with E-state index in [1.807, 2.05) is 25.6 Å². The molecule has 0 aromatic carbocycles. The smallest absolute Gasteiger partial charge is 0.148 e. The summed E-state index contributed by atoms with van der Waals surface area (Å²) in [6.07, 6.45) is 0. The molecule has 0 bridgehead atoms. The van der Waals surface area contributed by atoms with E-state index in [2.05, 4.69) is 25.6 Å². The van der Waals surface area contributed by atoms with Gasteiger partial charge < -0.3 is 10.7 Å². The van der Waals surface area contributed by atoms with Gasteiger partial charge in [-0.05, 0) is 13.8 Å². The van der Waals surface area contributed by atoms with Gasteiger partial charge in [-0.2, -0.15) is 11.8 Å². The largest absolute Gasteiger partial charge is 0.368 e. The number of aryl methyl sites for hydroxylation is 1. The van der Waals surface area contributed by atoms with Crippen LogP contribution in [0.5, 0.6) is 0 Å². The Morgan fingerprint density at radius 1 is 1.21 bits per heavy atom. The van der Waals surface area contributed by atoms with Gasteiger partial charge in [-0.3, -0.25) is 4.90 Å². The number of nitrogens with one attached hydrogen (secondary N) is 2. The molecule has 0 atom stereocenters. The van der Waals surface area contributed by atoms with Gasteiger partial charge in [0.1, 0.15) is 17.5 Å². The first kappa shape index (κ1) is 14.4. The quantitative estimate of drug-likeness (QED) is 0.545. The van der Waals surface area contributed by atoms with Crippen molar-refractivity contribution >= 4 is 23.4 Å². The number of hydrogen-bond donors (Lipinski definition) is 3. The molecule has 0 spiro atoms. The zero-order valence-electron chi connectivity index (χ0n) is 11.6. The Hall–Kier alpha value is -1.05.